The van der Waals surface area contributed by atoms with Gasteiger partial charge in [0.15, 0.2) is 0 Å². The first-order valence-corrected chi connectivity index (χ1v) is 8.89. The van der Waals surface area contributed by atoms with E-state index in [1.165, 1.54) is 0 Å². The van der Waals surface area contributed by atoms with Crippen LogP contribution in [0.1, 0.15) is 12.8 Å². The molecule has 0 aromatic carbocycles. The van der Waals surface area contributed by atoms with Gasteiger partial charge in [0, 0.05) is 6.04 Å². The number of sulfonamides is 1. The summed E-state index contributed by atoms with van der Waals surface area (Å²) in [5.74, 6) is -0.0145. The van der Waals surface area contributed by atoms with Crippen molar-refractivity contribution < 1.29 is 16.8 Å². The van der Waals surface area contributed by atoms with Gasteiger partial charge >= 0.3 is 0 Å². The van der Waals surface area contributed by atoms with E-state index < -0.39 is 19.9 Å². The van der Waals surface area contributed by atoms with Gasteiger partial charge in [-0.05, 0) is 12.8 Å². The van der Waals surface area contributed by atoms with Gasteiger partial charge in [0.05, 0.1) is 23.9 Å². The van der Waals surface area contributed by atoms with Crippen LogP contribution in [0.25, 0.3) is 0 Å². The van der Waals surface area contributed by atoms with Crippen LogP contribution in [0.4, 0.5) is 5.95 Å². The van der Waals surface area contributed by atoms with Gasteiger partial charge in [0.1, 0.15) is 14.7 Å². The Hall–Kier alpha value is -1.26. The Labute approximate surface area is 111 Å². The summed E-state index contributed by atoms with van der Waals surface area (Å²) in [6.45, 7) is 0. The zero-order chi connectivity index (χ0) is 14.1. The van der Waals surface area contributed by atoms with Gasteiger partial charge in [-0.3, -0.25) is 0 Å². The number of hydrogen-bond acceptors (Lipinski definition) is 7. The van der Waals surface area contributed by atoms with Crippen molar-refractivity contribution in [3.05, 3.63) is 12.4 Å². The molecular weight excluding hydrogens is 292 g/mol. The van der Waals surface area contributed by atoms with Crippen molar-refractivity contribution in [2.24, 2.45) is 0 Å². The van der Waals surface area contributed by atoms with Gasteiger partial charge in [0.2, 0.25) is 16.0 Å². The van der Waals surface area contributed by atoms with Crippen molar-refractivity contribution in [3.8, 4) is 0 Å². The number of anilines is 1. The monoisotopic (exact) mass is 306 g/mol. The highest BCUT2D eigenvalue weighted by Gasteiger charge is 2.27. The highest BCUT2D eigenvalue weighted by atomic mass is 32.2. The molecule has 10 heteroatoms. The van der Waals surface area contributed by atoms with Crippen LogP contribution >= 0.6 is 0 Å². The van der Waals surface area contributed by atoms with Crippen LogP contribution in [-0.4, -0.2) is 44.4 Å². The number of aromatic nitrogens is 2. The van der Waals surface area contributed by atoms with Crippen LogP contribution in [0, 0.1) is 0 Å². The van der Waals surface area contributed by atoms with Crippen molar-refractivity contribution in [2.75, 3.05) is 17.2 Å². The number of nitrogens with one attached hydrogen (secondary N) is 1. The van der Waals surface area contributed by atoms with Crippen LogP contribution in [0.15, 0.2) is 17.3 Å². The van der Waals surface area contributed by atoms with Crippen molar-refractivity contribution in [2.45, 2.75) is 23.8 Å². The quantitative estimate of drug-likeness (QED) is 0.725. The molecular formula is C9H14N4O4S2. The van der Waals surface area contributed by atoms with E-state index in [-0.39, 0.29) is 41.2 Å². The van der Waals surface area contributed by atoms with Crippen molar-refractivity contribution in [1.29, 1.82) is 0 Å². The third-order valence-electron chi connectivity index (χ3n) is 2.83. The fourth-order valence-electron chi connectivity index (χ4n) is 1.76. The molecule has 0 radical (unpaired) electrons. The Morgan fingerprint density at radius 2 is 1.74 bits per heavy atom. The van der Waals surface area contributed by atoms with Gasteiger partial charge in [-0.15, -0.1) is 0 Å². The first kappa shape index (κ1) is 14.2. The van der Waals surface area contributed by atoms with E-state index in [0.29, 0.717) is 0 Å². The normalized spacial score (nSPS) is 20.2. The summed E-state index contributed by atoms with van der Waals surface area (Å²) in [5.41, 5.74) is 5.28. The molecule has 1 saturated heterocycles. The summed E-state index contributed by atoms with van der Waals surface area (Å²) in [5, 5.41) is 0. The van der Waals surface area contributed by atoms with Gasteiger partial charge in [-0.25, -0.2) is 31.5 Å². The molecule has 19 heavy (non-hydrogen) atoms. The molecule has 0 amide bonds. The third-order valence-corrected chi connectivity index (χ3v) is 6.03. The van der Waals surface area contributed by atoms with Gasteiger partial charge < -0.3 is 5.73 Å². The van der Waals surface area contributed by atoms with Crippen LogP contribution in [0.5, 0.6) is 0 Å². The summed E-state index contributed by atoms with van der Waals surface area (Å²) in [6, 6.07) is -0.383. The largest absolute Gasteiger partial charge is 0.368 e. The smallest absolute Gasteiger partial charge is 0.243 e. The highest BCUT2D eigenvalue weighted by Crippen LogP contribution is 2.15. The molecule has 1 fully saturated rings. The zero-order valence-electron chi connectivity index (χ0n) is 9.98. The van der Waals surface area contributed by atoms with Crippen LogP contribution in [0.3, 0.4) is 0 Å². The fourth-order valence-corrected chi connectivity index (χ4v) is 4.45. The molecule has 0 unspecified atom stereocenters. The molecule has 0 saturated carbocycles. The Balaban J connectivity index is 2.08. The van der Waals surface area contributed by atoms with Crippen LogP contribution in [-0.2, 0) is 19.9 Å². The molecule has 1 aromatic rings. The number of hydrogen-bond donors (Lipinski definition) is 2. The average Bonchev–Trinajstić information content (AvgIpc) is 2.32. The minimum Gasteiger partial charge on any atom is -0.368 e. The van der Waals surface area contributed by atoms with E-state index in [1.807, 2.05) is 0 Å². The van der Waals surface area contributed by atoms with Gasteiger partial charge in [-0.2, -0.15) is 0 Å². The predicted octanol–water partition coefficient (Wildman–Crippen LogP) is -1.09. The molecule has 2 heterocycles. The minimum absolute atomic E-state index is 0.00156. The van der Waals surface area contributed by atoms with Crippen LogP contribution in [0.2, 0.25) is 0 Å². The van der Waals surface area contributed by atoms with E-state index in [4.69, 9.17) is 5.73 Å². The maximum Gasteiger partial charge on any atom is 0.243 e. The highest BCUT2D eigenvalue weighted by molar-refractivity contribution is 7.91. The lowest BCUT2D eigenvalue weighted by Gasteiger charge is -2.22. The summed E-state index contributed by atoms with van der Waals surface area (Å²) in [4.78, 5) is 7.14. The molecule has 2 rings (SSSR count). The summed E-state index contributed by atoms with van der Waals surface area (Å²) >= 11 is 0. The first-order chi connectivity index (χ1) is 8.78. The van der Waals surface area contributed by atoms with E-state index in [9.17, 15) is 16.8 Å². The standard InChI is InChI=1S/C9H14N4O4S2/c10-9-11-5-8(6-12-9)19(16,17)13-7-1-3-18(14,15)4-2-7/h5-7,13H,1-4H2,(H2,10,11,12). The first-order valence-electron chi connectivity index (χ1n) is 5.59. The number of nitrogen functional groups attached to an aromatic ring is 1. The van der Waals surface area contributed by atoms with Crippen molar-refractivity contribution in [1.82, 2.24) is 14.7 Å². The zero-order valence-corrected chi connectivity index (χ0v) is 11.6. The molecule has 1 aliphatic rings. The van der Waals surface area contributed by atoms with E-state index >= 15 is 0 Å². The SMILES string of the molecule is Nc1ncc(S(=O)(=O)NC2CCS(=O)(=O)CC2)cn1. The molecule has 1 aromatic heterocycles. The van der Waals surface area contributed by atoms with E-state index in [2.05, 4.69) is 14.7 Å². The summed E-state index contributed by atoms with van der Waals surface area (Å²) in [7, 11) is -6.76. The topological polar surface area (TPSA) is 132 Å². The molecule has 8 nitrogen and oxygen atoms in total. The molecule has 1 aliphatic heterocycles. The van der Waals surface area contributed by atoms with E-state index in [0.717, 1.165) is 12.4 Å². The molecule has 0 spiro atoms. The molecule has 106 valence electrons. The second-order valence-corrected chi connectivity index (χ2v) is 8.34. The minimum atomic E-state index is -3.74. The molecule has 0 atom stereocenters. The third kappa shape index (κ3) is 3.61. The second kappa shape index (κ2) is 5.02. The lowest BCUT2D eigenvalue weighted by molar-refractivity contribution is 0.505. The maximum absolute atomic E-state index is 12.0. The molecule has 3 N–H and O–H groups in total. The number of nitrogens with two attached hydrogens (primary N) is 1. The summed E-state index contributed by atoms with van der Waals surface area (Å²) < 4.78 is 49.0. The second-order valence-electron chi connectivity index (χ2n) is 4.32. The van der Waals surface area contributed by atoms with Crippen LogP contribution < -0.4 is 10.5 Å². The number of rotatable bonds is 3. The summed E-state index contributed by atoms with van der Waals surface area (Å²) in [6.07, 6.45) is 2.78. The molecule has 0 bridgehead atoms. The lowest BCUT2D eigenvalue weighted by atomic mass is 10.2. The lowest BCUT2D eigenvalue weighted by Crippen LogP contribution is -2.40. The maximum atomic E-state index is 12.0. The number of sulfone groups is 1. The van der Waals surface area contributed by atoms with Crippen molar-refractivity contribution >= 4 is 25.8 Å². The Bertz CT molecular complexity index is 640. The van der Waals surface area contributed by atoms with Gasteiger partial charge in [-0.1, -0.05) is 0 Å². The average molecular weight is 306 g/mol. The number of nitrogens with zero attached hydrogens (tertiary/aromatic N) is 2. The van der Waals surface area contributed by atoms with Crippen molar-refractivity contribution in [3.63, 3.8) is 0 Å². The molecule has 0 aliphatic carbocycles. The predicted molar refractivity (Wildman–Crippen MR) is 68.4 cm³/mol. The Morgan fingerprint density at radius 3 is 2.26 bits per heavy atom. The van der Waals surface area contributed by atoms with E-state index in [1.54, 1.807) is 0 Å². The Morgan fingerprint density at radius 1 is 1.21 bits per heavy atom. The van der Waals surface area contributed by atoms with Gasteiger partial charge in [0.25, 0.3) is 0 Å². The Kier molecular flexibility index (Phi) is 3.74. The fraction of sp³-hybridized carbons (Fsp3) is 0.556.